The van der Waals surface area contributed by atoms with Gasteiger partial charge in [0.05, 0.1) is 18.2 Å². The first-order valence-corrected chi connectivity index (χ1v) is 9.32. The fourth-order valence-corrected chi connectivity index (χ4v) is 3.49. The summed E-state index contributed by atoms with van der Waals surface area (Å²) in [6.45, 7) is 0.366. The highest BCUT2D eigenvalue weighted by Crippen LogP contribution is 2.35. The van der Waals surface area contributed by atoms with Crippen LogP contribution in [0.3, 0.4) is 0 Å². The quantitative estimate of drug-likeness (QED) is 0.599. The maximum atomic E-state index is 12.7. The number of primary amides is 1. The molecule has 1 aromatic heterocycles. The molecule has 1 fully saturated rings. The van der Waals surface area contributed by atoms with E-state index in [0.29, 0.717) is 37.4 Å². The molecule has 0 radical (unpaired) electrons. The second-order valence-electron chi connectivity index (χ2n) is 7.09. The average molecular weight is 404 g/mol. The molecule has 2 heterocycles. The summed E-state index contributed by atoms with van der Waals surface area (Å²) in [5.41, 5.74) is 6.24. The number of nitrogens with one attached hydrogen (secondary N) is 2. The molecule has 2 aromatic rings. The van der Waals surface area contributed by atoms with Gasteiger partial charge in [-0.15, -0.1) is 0 Å². The molecule has 0 aliphatic carbocycles. The largest absolute Gasteiger partial charge is 0.368 e. The molecule has 1 aromatic carbocycles. The van der Waals surface area contributed by atoms with Crippen molar-refractivity contribution < 1.29 is 14.4 Å². The molecule has 28 heavy (non-hydrogen) atoms. The Morgan fingerprint density at radius 3 is 2.54 bits per heavy atom. The van der Waals surface area contributed by atoms with Gasteiger partial charge in [0.2, 0.25) is 17.7 Å². The number of carbonyl (C=O) groups excluding carboxylic acids is 3. The van der Waals surface area contributed by atoms with Crippen molar-refractivity contribution in [3.05, 3.63) is 52.8 Å². The van der Waals surface area contributed by atoms with Gasteiger partial charge in [-0.25, -0.2) is 0 Å². The molecule has 1 aliphatic heterocycles. The Bertz CT molecular complexity index is 845. The van der Waals surface area contributed by atoms with Gasteiger partial charge in [0.25, 0.3) is 0 Å². The number of likely N-dealkylation sites (tertiary alicyclic amines) is 1. The highest BCUT2D eigenvalue weighted by atomic mass is 35.5. The Hall–Kier alpha value is -2.87. The lowest BCUT2D eigenvalue weighted by Gasteiger charge is -2.49. The van der Waals surface area contributed by atoms with Crippen LogP contribution >= 0.6 is 11.6 Å². The number of amides is 3. The summed E-state index contributed by atoms with van der Waals surface area (Å²) in [5, 5.41) is 9.77. The maximum Gasteiger partial charge on any atom is 0.236 e. The van der Waals surface area contributed by atoms with E-state index in [2.05, 4.69) is 15.5 Å². The van der Waals surface area contributed by atoms with Crippen molar-refractivity contribution in [3.63, 3.8) is 0 Å². The van der Waals surface area contributed by atoms with Gasteiger partial charge < -0.3 is 16.0 Å². The minimum absolute atomic E-state index is 0.0179. The maximum absolute atomic E-state index is 12.7. The molecule has 1 aliphatic rings. The fraction of sp³-hybridized carbons (Fsp3) is 0.368. The van der Waals surface area contributed by atoms with Crippen molar-refractivity contribution in [2.24, 2.45) is 11.1 Å². The topological polar surface area (TPSA) is 121 Å². The van der Waals surface area contributed by atoms with E-state index in [4.69, 9.17) is 17.3 Å². The first kappa shape index (κ1) is 19.9. The highest BCUT2D eigenvalue weighted by molar-refractivity contribution is 6.30. The molecule has 148 valence electrons. The Morgan fingerprint density at radius 2 is 1.93 bits per heavy atom. The molecule has 0 saturated carbocycles. The van der Waals surface area contributed by atoms with Crippen LogP contribution in [-0.2, 0) is 27.2 Å². The number of benzene rings is 1. The predicted octanol–water partition coefficient (Wildman–Crippen LogP) is 0.668. The second-order valence-corrected chi connectivity index (χ2v) is 7.53. The Morgan fingerprint density at radius 1 is 1.21 bits per heavy atom. The van der Waals surface area contributed by atoms with Crippen LogP contribution in [0.1, 0.15) is 17.5 Å². The van der Waals surface area contributed by atoms with Crippen molar-refractivity contribution >= 4 is 29.3 Å². The zero-order chi connectivity index (χ0) is 20.1. The lowest BCUT2D eigenvalue weighted by Crippen LogP contribution is -2.66. The molecule has 8 nitrogen and oxygen atoms in total. The van der Waals surface area contributed by atoms with E-state index in [1.165, 1.54) is 0 Å². The second kappa shape index (κ2) is 8.43. The van der Waals surface area contributed by atoms with Crippen LogP contribution < -0.4 is 11.1 Å². The molecular weight excluding hydrogens is 382 g/mol. The van der Waals surface area contributed by atoms with Gasteiger partial charge in [0.1, 0.15) is 0 Å². The molecule has 4 N–H and O–H groups in total. The van der Waals surface area contributed by atoms with Crippen LogP contribution in [0.5, 0.6) is 0 Å². The van der Waals surface area contributed by atoms with Crippen molar-refractivity contribution in [1.29, 1.82) is 0 Å². The van der Waals surface area contributed by atoms with E-state index in [-0.39, 0.29) is 18.4 Å². The molecule has 9 heteroatoms. The number of nitrogens with zero attached hydrogens (tertiary/aromatic N) is 2. The normalized spacial score (nSPS) is 15.0. The third-order valence-electron chi connectivity index (χ3n) is 4.88. The number of hydrogen-bond donors (Lipinski definition) is 3. The third kappa shape index (κ3) is 4.69. The van der Waals surface area contributed by atoms with Crippen molar-refractivity contribution in [3.8, 4) is 0 Å². The van der Waals surface area contributed by atoms with E-state index >= 15 is 0 Å². The molecule has 0 atom stereocenters. The number of aromatic amines is 1. The highest BCUT2D eigenvalue weighted by Gasteiger charge is 2.50. The number of rotatable bonds is 8. The van der Waals surface area contributed by atoms with Crippen molar-refractivity contribution in [1.82, 2.24) is 20.4 Å². The Labute approximate surface area is 167 Å². The lowest BCUT2D eigenvalue weighted by molar-refractivity contribution is -0.154. The molecule has 3 amide bonds. The van der Waals surface area contributed by atoms with Crippen LogP contribution in [0.25, 0.3) is 0 Å². The summed E-state index contributed by atoms with van der Waals surface area (Å²) in [7, 11) is 0. The number of aromatic nitrogens is 2. The monoisotopic (exact) mass is 403 g/mol. The first-order chi connectivity index (χ1) is 13.4. The van der Waals surface area contributed by atoms with Crippen molar-refractivity contribution in [2.45, 2.75) is 19.3 Å². The van der Waals surface area contributed by atoms with E-state index in [1.807, 2.05) is 12.1 Å². The van der Waals surface area contributed by atoms with Gasteiger partial charge in [-0.2, -0.15) is 5.10 Å². The zero-order valence-corrected chi connectivity index (χ0v) is 16.0. The van der Waals surface area contributed by atoms with Gasteiger partial charge >= 0.3 is 0 Å². The van der Waals surface area contributed by atoms with E-state index in [0.717, 1.165) is 11.1 Å². The summed E-state index contributed by atoms with van der Waals surface area (Å²) in [6.07, 6.45) is 4.82. The number of halogens is 1. The summed E-state index contributed by atoms with van der Waals surface area (Å²) in [4.78, 5) is 37.9. The number of hydrogen-bond acceptors (Lipinski definition) is 4. The van der Waals surface area contributed by atoms with E-state index < -0.39 is 11.3 Å². The minimum Gasteiger partial charge on any atom is -0.368 e. The summed E-state index contributed by atoms with van der Waals surface area (Å²) < 4.78 is 0. The summed E-state index contributed by atoms with van der Waals surface area (Å²) in [6, 6.07) is 7.24. The van der Waals surface area contributed by atoms with Gasteiger partial charge in [-0.1, -0.05) is 23.7 Å². The van der Waals surface area contributed by atoms with E-state index in [9.17, 15) is 14.4 Å². The van der Waals surface area contributed by atoms with Gasteiger partial charge in [-0.3, -0.25) is 19.5 Å². The average Bonchev–Trinajstić information content (AvgIpc) is 3.15. The molecule has 3 rings (SSSR count). The van der Waals surface area contributed by atoms with Gasteiger partial charge in [0, 0.05) is 30.7 Å². The standard InChI is InChI=1S/C19H22ClN5O3/c20-15-4-1-13(2-5-15)7-19(18(28)22-10-16(21)26)11-25(12-19)17(27)6-3-14-8-23-24-9-14/h1-2,4-5,8-9H,3,6-7,10-12H2,(H2,21,26)(H,22,28)(H,23,24). The van der Waals surface area contributed by atoms with Crippen LogP contribution in [0.15, 0.2) is 36.7 Å². The fourth-order valence-electron chi connectivity index (χ4n) is 3.37. The van der Waals surface area contributed by atoms with Crippen molar-refractivity contribution in [2.75, 3.05) is 19.6 Å². The van der Waals surface area contributed by atoms with Gasteiger partial charge in [-0.05, 0) is 36.1 Å². The third-order valence-corrected chi connectivity index (χ3v) is 5.13. The number of nitrogens with two attached hydrogens (primary N) is 1. The van der Waals surface area contributed by atoms with Crippen LogP contribution in [-0.4, -0.2) is 52.5 Å². The smallest absolute Gasteiger partial charge is 0.236 e. The molecule has 0 unspecified atom stereocenters. The number of H-pyrrole nitrogens is 1. The SMILES string of the molecule is NC(=O)CNC(=O)C1(Cc2ccc(Cl)cc2)CN(C(=O)CCc2cn[nH]c2)C1. The zero-order valence-electron chi connectivity index (χ0n) is 15.3. The first-order valence-electron chi connectivity index (χ1n) is 8.94. The van der Waals surface area contributed by atoms with Crippen LogP contribution in [0, 0.1) is 5.41 Å². The lowest BCUT2D eigenvalue weighted by atomic mass is 9.73. The van der Waals surface area contributed by atoms with E-state index in [1.54, 1.807) is 29.4 Å². The van der Waals surface area contributed by atoms with Crippen LogP contribution in [0.2, 0.25) is 5.02 Å². The molecule has 0 bridgehead atoms. The summed E-state index contributed by atoms with van der Waals surface area (Å²) >= 11 is 5.93. The molecular formula is C19H22ClN5O3. The van der Waals surface area contributed by atoms with Gasteiger partial charge in [0.15, 0.2) is 0 Å². The number of aryl methyl sites for hydroxylation is 1. The Kier molecular flexibility index (Phi) is 5.99. The van der Waals surface area contributed by atoms with Crippen LogP contribution in [0.4, 0.5) is 0 Å². The molecule has 1 saturated heterocycles. The predicted molar refractivity (Wildman–Crippen MR) is 103 cm³/mol. The summed E-state index contributed by atoms with van der Waals surface area (Å²) in [5.74, 6) is -0.905. The minimum atomic E-state index is -0.783. The number of carbonyl (C=O) groups is 3. The Balaban J connectivity index is 1.64. The molecule has 0 spiro atoms.